The van der Waals surface area contributed by atoms with Crippen LogP contribution in [0.2, 0.25) is 0 Å². The van der Waals surface area contributed by atoms with E-state index in [0.29, 0.717) is 17.9 Å². The van der Waals surface area contributed by atoms with E-state index in [1.54, 1.807) is 24.3 Å². The summed E-state index contributed by atoms with van der Waals surface area (Å²) in [6.07, 6.45) is 1.68. The van der Waals surface area contributed by atoms with Gasteiger partial charge in [-0.15, -0.1) is 0 Å². The van der Waals surface area contributed by atoms with Gasteiger partial charge in [-0.2, -0.15) is 0 Å². The molecule has 0 aliphatic rings. The zero-order chi connectivity index (χ0) is 24.3. The number of aromatic nitrogens is 1. The number of methoxy groups -OCH3 is 1. The topological polar surface area (TPSA) is 100 Å². The van der Waals surface area contributed by atoms with Crippen molar-refractivity contribution >= 4 is 38.2 Å². The molecule has 1 heterocycles. The third kappa shape index (κ3) is 5.37. The smallest absolute Gasteiger partial charge is 0.229 e. The van der Waals surface area contributed by atoms with Crippen LogP contribution in [-0.4, -0.2) is 32.7 Å². The van der Waals surface area contributed by atoms with E-state index in [9.17, 15) is 17.6 Å². The first-order chi connectivity index (χ1) is 16.2. The van der Waals surface area contributed by atoms with Gasteiger partial charge < -0.3 is 15.0 Å². The van der Waals surface area contributed by atoms with E-state index in [1.165, 1.54) is 25.3 Å². The van der Waals surface area contributed by atoms with Crippen LogP contribution in [0.1, 0.15) is 12.0 Å². The molecule has 7 nitrogen and oxygen atoms in total. The molecule has 0 atom stereocenters. The molecule has 0 unspecified atom stereocenters. The number of H-pyrrole nitrogens is 1. The number of anilines is 2. The fourth-order valence-electron chi connectivity index (χ4n) is 3.85. The zero-order valence-corrected chi connectivity index (χ0v) is 19.5. The number of hydrogen-bond acceptors (Lipinski definition) is 4. The largest absolute Gasteiger partial charge is 0.495 e. The summed E-state index contributed by atoms with van der Waals surface area (Å²) >= 11 is 0. The number of aryl methyl sites for hydroxylation is 1. The van der Waals surface area contributed by atoms with Crippen LogP contribution in [0.25, 0.3) is 22.2 Å². The highest BCUT2D eigenvalue weighted by atomic mass is 32.2. The number of fused-ring (bicyclic) bond motifs is 1. The summed E-state index contributed by atoms with van der Waals surface area (Å²) in [4.78, 5) is 16.1. The van der Waals surface area contributed by atoms with Gasteiger partial charge in [-0.1, -0.05) is 18.2 Å². The highest BCUT2D eigenvalue weighted by molar-refractivity contribution is 7.92. The van der Waals surface area contributed by atoms with E-state index in [1.807, 2.05) is 24.3 Å². The minimum Gasteiger partial charge on any atom is -0.495 e. The van der Waals surface area contributed by atoms with Gasteiger partial charge in [0.05, 0.1) is 19.1 Å². The van der Waals surface area contributed by atoms with Gasteiger partial charge in [0.2, 0.25) is 15.9 Å². The first-order valence-electron chi connectivity index (χ1n) is 10.5. The second-order valence-corrected chi connectivity index (χ2v) is 9.62. The Morgan fingerprint density at radius 2 is 1.79 bits per heavy atom. The first kappa shape index (κ1) is 23.3. The molecule has 4 rings (SSSR count). The average molecular weight is 482 g/mol. The number of aromatic amines is 1. The van der Waals surface area contributed by atoms with Crippen LogP contribution >= 0.6 is 0 Å². The molecule has 0 aliphatic carbocycles. The number of benzene rings is 3. The summed E-state index contributed by atoms with van der Waals surface area (Å²) in [5.41, 5.74) is 4.25. The lowest BCUT2D eigenvalue weighted by atomic mass is 10.0. The normalized spacial score (nSPS) is 11.4. The number of hydrogen-bond donors (Lipinski definition) is 3. The molecule has 4 aromatic rings. The molecule has 0 radical (unpaired) electrons. The number of ether oxygens (including phenoxy) is 1. The Morgan fingerprint density at radius 1 is 1.06 bits per heavy atom. The molecule has 0 fully saturated rings. The second-order valence-electron chi connectivity index (χ2n) is 7.87. The van der Waals surface area contributed by atoms with E-state index in [2.05, 4.69) is 15.0 Å². The van der Waals surface area contributed by atoms with Crippen LogP contribution in [0.4, 0.5) is 15.8 Å². The van der Waals surface area contributed by atoms with Crippen LogP contribution in [0, 0.1) is 5.82 Å². The average Bonchev–Trinajstić information content (AvgIpc) is 3.16. The lowest BCUT2D eigenvalue weighted by molar-refractivity contribution is -0.116. The van der Waals surface area contributed by atoms with Crippen LogP contribution < -0.4 is 14.8 Å². The minimum absolute atomic E-state index is 0.191. The highest BCUT2D eigenvalue weighted by Crippen LogP contribution is 2.32. The van der Waals surface area contributed by atoms with Gasteiger partial charge in [0.15, 0.2) is 0 Å². The van der Waals surface area contributed by atoms with Crippen molar-refractivity contribution in [2.75, 3.05) is 23.4 Å². The lowest BCUT2D eigenvalue weighted by Crippen LogP contribution is -2.14. The Kier molecular flexibility index (Phi) is 6.56. The maximum Gasteiger partial charge on any atom is 0.229 e. The first-order valence-corrected chi connectivity index (χ1v) is 12.4. The number of rotatable bonds is 8. The number of carbonyl (C=O) groups excluding carboxylic acids is 1. The summed E-state index contributed by atoms with van der Waals surface area (Å²) in [7, 11) is -2.09. The zero-order valence-electron chi connectivity index (χ0n) is 18.7. The molecule has 0 saturated heterocycles. The predicted octanol–water partition coefficient (Wildman–Crippen LogP) is 4.93. The molecule has 176 valence electrons. The number of amides is 1. The van der Waals surface area contributed by atoms with Crippen molar-refractivity contribution in [3.05, 3.63) is 78.1 Å². The fraction of sp³-hybridized carbons (Fsp3) is 0.160. The number of halogens is 1. The van der Waals surface area contributed by atoms with E-state index in [4.69, 9.17) is 4.74 Å². The SMILES string of the molecule is COc1ccc(NC(=O)CCc2c(-c3ccc(F)cc3)[nH]c3ccccc23)cc1NS(C)(=O)=O. The fourth-order valence-corrected chi connectivity index (χ4v) is 4.41. The molecule has 0 aliphatic heterocycles. The number of sulfonamides is 1. The van der Waals surface area contributed by atoms with Crippen LogP contribution in [0.5, 0.6) is 5.75 Å². The second kappa shape index (κ2) is 9.56. The van der Waals surface area contributed by atoms with E-state index in [-0.39, 0.29) is 23.8 Å². The van der Waals surface area contributed by atoms with E-state index >= 15 is 0 Å². The molecule has 3 aromatic carbocycles. The highest BCUT2D eigenvalue weighted by Gasteiger charge is 2.16. The third-order valence-electron chi connectivity index (χ3n) is 5.33. The monoisotopic (exact) mass is 481 g/mol. The summed E-state index contributed by atoms with van der Waals surface area (Å²) < 4.78 is 44.3. The maximum absolute atomic E-state index is 13.4. The van der Waals surface area contributed by atoms with Gasteiger partial charge in [0.25, 0.3) is 0 Å². The standard InChI is InChI=1S/C25H24FN3O4S/c1-33-23-13-11-18(15-22(23)29-34(2,31)32)27-24(30)14-12-20-19-5-3-4-6-21(19)28-25(20)16-7-9-17(26)10-8-16/h3-11,13,15,28-29H,12,14H2,1-2H3,(H,27,30). The van der Waals surface area contributed by atoms with Crippen molar-refractivity contribution in [2.45, 2.75) is 12.8 Å². The minimum atomic E-state index is -3.52. The van der Waals surface area contributed by atoms with E-state index in [0.717, 1.165) is 34.0 Å². The van der Waals surface area contributed by atoms with E-state index < -0.39 is 10.0 Å². The van der Waals surface area contributed by atoms with Crippen molar-refractivity contribution < 1.29 is 22.3 Å². The summed E-state index contributed by atoms with van der Waals surface area (Å²) in [5.74, 6) is -0.207. The maximum atomic E-state index is 13.4. The summed E-state index contributed by atoms with van der Waals surface area (Å²) in [6.45, 7) is 0. The van der Waals surface area contributed by atoms with Crippen molar-refractivity contribution in [1.82, 2.24) is 4.98 Å². The molecule has 1 amide bonds. The van der Waals surface area contributed by atoms with Gasteiger partial charge in [0.1, 0.15) is 11.6 Å². The molecular weight excluding hydrogens is 457 g/mol. The Balaban J connectivity index is 1.55. The van der Waals surface area contributed by atoms with Crippen LogP contribution in [-0.2, 0) is 21.2 Å². The van der Waals surface area contributed by atoms with Gasteiger partial charge in [-0.3, -0.25) is 9.52 Å². The summed E-state index contributed by atoms with van der Waals surface area (Å²) in [5, 5.41) is 3.81. The van der Waals surface area contributed by atoms with Crippen LogP contribution in [0.15, 0.2) is 66.7 Å². The summed E-state index contributed by atoms with van der Waals surface area (Å²) in [6, 6.07) is 18.7. The van der Waals surface area contributed by atoms with Gasteiger partial charge in [0, 0.05) is 28.7 Å². The van der Waals surface area contributed by atoms with Gasteiger partial charge >= 0.3 is 0 Å². The lowest BCUT2D eigenvalue weighted by Gasteiger charge is -2.12. The number of carbonyl (C=O) groups is 1. The molecule has 0 spiro atoms. The van der Waals surface area contributed by atoms with Gasteiger partial charge in [-0.05, 0) is 66.1 Å². The quantitative estimate of drug-likeness (QED) is 0.332. The molecule has 0 saturated carbocycles. The Morgan fingerprint density at radius 3 is 2.50 bits per heavy atom. The molecule has 3 N–H and O–H groups in total. The predicted molar refractivity (Wildman–Crippen MR) is 132 cm³/mol. The Bertz CT molecular complexity index is 1450. The van der Waals surface area contributed by atoms with Gasteiger partial charge in [-0.25, -0.2) is 12.8 Å². The van der Waals surface area contributed by atoms with Crippen molar-refractivity contribution in [3.63, 3.8) is 0 Å². The van der Waals surface area contributed by atoms with Crippen molar-refractivity contribution in [3.8, 4) is 17.0 Å². The third-order valence-corrected chi connectivity index (χ3v) is 5.92. The number of para-hydroxylation sites is 1. The van der Waals surface area contributed by atoms with Crippen LogP contribution in [0.3, 0.4) is 0 Å². The Labute approximate surface area is 197 Å². The molecule has 9 heteroatoms. The number of nitrogens with one attached hydrogen (secondary N) is 3. The molecule has 1 aromatic heterocycles. The molecule has 0 bridgehead atoms. The van der Waals surface area contributed by atoms with Crippen molar-refractivity contribution in [2.24, 2.45) is 0 Å². The molecular formula is C25H24FN3O4S. The molecule has 34 heavy (non-hydrogen) atoms. The Hall–Kier alpha value is -3.85. The van der Waals surface area contributed by atoms with Crippen molar-refractivity contribution in [1.29, 1.82) is 0 Å².